The Morgan fingerprint density at radius 3 is 1.19 bits per heavy atom. The molecule has 2 nitrogen and oxygen atoms in total. The molecule has 0 aliphatic heterocycles. The van der Waals surface area contributed by atoms with Gasteiger partial charge in [0.05, 0.1) is 33.2 Å². The Kier molecular flexibility index (Phi) is 10.1. The second kappa shape index (κ2) is 17.1. The van der Waals surface area contributed by atoms with Crippen molar-refractivity contribution in [2.75, 3.05) is 0 Å². The van der Waals surface area contributed by atoms with Crippen molar-refractivity contribution in [1.29, 1.82) is 0 Å². The van der Waals surface area contributed by atoms with Crippen molar-refractivity contribution in [3.05, 3.63) is 313 Å². The second-order valence-corrected chi connectivity index (χ2v) is 22.2. The van der Waals surface area contributed by atoms with E-state index in [2.05, 4.69) is 300 Å². The summed E-state index contributed by atoms with van der Waals surface area (Å²) in [6, 6.07) is 108. The number of hydrogen-bond donors (Lipinski definition) is 0. The fraction of sp³-hybridized carbons (Fsp3) is 0.0149. The molecule has 0 aliphatic rings. The molecule has 0 N–H and O–H groups in total. The summed E-state index contributed by atoms with van der Waals surface area (Å²) < 4.78 is 5.01. The van der Waals surface area contributed by atoms with Gasteiger partial charge in [0, 0.05) is 27.2 Å². The normalized spacial score (nSPS) is 12.0. The van der Waals surface area contributed by atoms with Crippen LogP contribution in [-0.2, 0) is 5.41 Å². The Labute approximate surface area is 409 Å². The fourth-order valence-corrected chi connectivity index (χ4v) is 16.7. The summed E-state index contributed by atoms with van der Waals surface area (Å²) in [5.41, 5.74) is 11.1. The summed E-state index contributed by atoms with van der Waals surface area (Å²) >= 11 is 0. The third-order valence-electron chi connectivity index (χ3n) is 14.8. The van der Waals surface area contributed by atoms with Gasteiger partial charge >= 0.3 is 0 Å². The van der Waals surface area contributed by atoms with Gasteiger partial charge in [0.1, 0.15) is 0 Å². The van der Waals surface area contributed by atoms with Crippen LogP contribution in [0.5, 0.6) is 0 Å². The molecule has 0 saturated heterocycles. The van der Waals surface area contributed by atoms with Crippen LogP contribution in [0.3, 0.4) is 0 Å². The standard InChI is InChI=1S/C67H48N2Si/c1-7-25-49(26-8-1)67(50-27-9-2-10-28-50,51-29-11-3-12-30-51)61-39-21-24-42-65(61)69-63-41-23-19-37-57(63)59-45-43-52(47-66(59)69)68-62-40-22-20-38-58(62)60-48-56(44-46-64(60)68)70(53-31-13-4-14-32-53,54-33-15-5-16-34-54)55-35-17-6-18-36-55/h1-48H. The molecule has 11 aromatic carbocycles. The van der Waals surface area contributed by atoms with Gasteiger partial charge in [0.25, 0.3) is 0 Å². The number of aromatic nitrogens is 2. The van der Waals surface area contributed by atoms with E-state index >= 15 is 0 Å². The molecular weight excluding hydrogens is 861 g/mol. The van der Waals surface area contributed by atoms with Crippen molar-refractivity contribution >= 4 is 72.4 Å². The van der Waals surface area contributed by atoms with Crippen LogP contribution in [0, 0.1) is 0 Å². The smallest absolute Gasteiger partial charge is 0.179 e. The summed E-state index contributed by atoms with van der Waals surface area (Å²) in [6.07, 6.45) is 0. The molecule has 0 saturated carbocycles. The molecule has 2 heterocycles. The average Bonchev–Trinajstić information content (AvgIpc) is 3.95. The first-order valence-corrected chi connectivity index (χ1v) is 26.3. The highest BCUT2D eigenvalue weighted by Gasteiger charge is 2.42. The number of fused-ring (bicyclic) bond motifs is 6. The number of nitrogens with zero attached hydrogens (tertiary/aromatic N) is 2. The van der Waals surface area contributed by atoms with Gasteiger partial charge in [-0.25, -0.2) is 0 Å². The molecule has 0 amide bonds. The van der Waals surface area contributed by atoms with Gasteiger partial charge in [-0.1, -0.05) is 255 Å². The fourth-order valence-electron chi connectivity index (χ4n) is 11.9. The number of para-hydroxylation sites is 3. The molecule has 70 heavy (non-hydrogen) atoms. The maximum Gasteiger partial charge on any atom is 0.179 e. The molecule has 3 heteroatoms. The zero-order valence-corrected chi connectivity index (χ0v) is 39.6. The lowest BCUT2D eigenvalue weighted by Gasteiger charge is -2.38. The van der Waals surface area contributed by atoms with Crippen LogP contribution >= 0.6 is 0 Å². The lowest BCUT2D eigenvalue weighted by molar-refractivity contribution is 0.739. The molecule has 13 rings (SSSR count). The first kappa shape index (κ1) is 41.4. The Bertz CT molecular complexity index is 3780. The van der Waals surface area contributed by atoms with E-state index in [9.17, 15) is 0 Å². The highest BCUT2D eigenvalue weighted by Crippen LogP contribution is 2.48. The van der Waals surface area contributed by atoms with Crippen LogP contribution in [-0.4, -0.2) is 17.2 Å². The predicted octanol–water partition coefficient (Wildman–Crippen LogP) is 13.6. The molecular formula is C67H48N2Si. The van der Waals surface area contributed by atoms with Gasteiger partial charge in [-0.05, 0) is 79.4 Å². The Morgan fingerprint density at radius 1 is 0.257 bits per heavy atom. The van der Waals surface area contributed by atoms with E-state index in [1.807, 2.05) is 0 Å². The molecule has 0 aliphatic carbocycles. The molecule has 330 valence electrons. The molecule has 0 radical (unpaired) electrons. The maximum atomic E-state index is 2.53. The maximum absolute atomic E-state index is 2.78. The van der Waals surface area contributed by atoms with E-state index in [1.165, 1.54) is 81.1 Å². The van der Waals surface area contributed by atoms with Crippen LogP contribution in [0.1, 0.15) is 22.3 Å². The van der Waals surface area contributed by atoms with Gasteiger partial charge < -0.3 is 9.13 Å². The second-order valence-electron chi connectivity index (χ2n) is 18.4. The Hall–Kier alpha value is -8.76. The van der Waals surface area contributed by atoms with Gasteiger partial charge in [-0.15, -0.1) is 0 Å². The van der Waals surface area contributed by atoms with Crippen LogP contribution in [0.2, 0.25) is 0 Å². The zero-order chi connectivity index (χ0) is 46.5. The van der Waals surface area contributed by atoms with Crippen LogP contribution in [0.25, 0.3) is 55.0 Å². The summed E-state index contributed by atoms with van der Waals surface area (Å²) in [7, 11) is -2.78. The van der Waals surface area contributed by atoms with Crippen molar-refractivity contribution in [1.82, 2.24) is 9.13 Å². The molecule has 0 spiro atoms. The largest absolute Gasteiger partial charge is 0.309 e. The highest BCUT2D eigenvalue weighted by atomic mass is 28.3. The lowest BCUT2D eigenvalue weighted by atomic mass is 9.64. The van der Waals surface area contributed by atoms with Crippen LogP contribution in [0.15, 0.2) is 291 Å². The van der Waals surface area contributed by atoms with Crippen LogP contribution in [0.4, 0.5) is 0 Å². The zero-order valence-electron chi connectivity index (χ0n) is 38.6. The Morgan fingerprint density at radius 2 is 0.657 bits per heavy atom. The topological polar surface area (TPSA) is 9.86 Å². The first-order chi connectivity index (χ1) is 34.8. The van der Waals surface area contributed by atoms with Gasteiger partial charge in [0.15, 0.2) is 8.07 Å². The van der Waals surface area contributed by atoms with E-state index < -0.39 is 13.5 Å². The SMILES string of the molecule is c1ccc(C(c2ccccc2)(c2ccccc2)c2ccccc2-n2c3ccccc3c3ccc(-n4c5ccccc5c5cc([Si](c6ccccc6)(c6ccccc6)c6ccccc6)ccc54)cc32)cc1. The number of hydrogen-bond acceptors (Lipinski definition) is 0. The van der Waals surface area contributed by atoms with E-state index in [1.54, 1.807) is 0 Å². The first-order valence-electron chi connectivity index (χ1n) is 24.3. The van der Waals surface area contributed by atoms with Gasteiger partial charge in [-0.2, -0.15) is 0 Å². The molecule has 0 bridgehead atoms. The van der Waals surface area contributed by atoms with E-state index in [0.29, 0.717) is 0 Å². The molecule has 0 atom stereocenters. The minimum Gasteiger partial charge on any atom is -0.309 e. The van der Waals surface area contributed by atoms with E-state index in [-0.39, 0.29) is 0 Å². The Balaban J connectivity index is 1.08. The minimum atomic E-state index is -2.78. The number of benzene rings is 11. The van der Waals surface area contributed by atoms with Gasteiger partial charge in [-0.3, -0.25) is 0 Å². The van der Waals surface area contributed by atoms with Crippen molar-refractivity contribution in [3.63, 3.8) is 0 Å². The van der Waals surface area contributed by atoms with Crippen molar-refractivity contribution in [3.8, 4) is 11.4 Å². The van der Waals surface area contributed by atoms with Crippen molar-refractivity contribution in [2.24, 2.45) is 0 Å². The highest BCUT2D eigenvalue weighted by molar-refractivity contribution is 7.20. The monoisotopic (exact) mass is 908 g/mol. The average molecular weight is 909 g/mol. The van der Waals surface area contributed by atoms with E-state index in [4.69, 9.17) is 0 Å². The molecule has 0 fully saturated rings. The molecule has 13 aromatic rings. The summed E-state index contributed by atoms with van der Waals surface area (Å²) in [6.45, 7) is 0. The van der Waals surface area contributed by atoms with Crippen molar-refractivity contribution in [2.45, 2.75) is 5.41 Å². The van der Waals surface area contributed by atoms with Crippen molar-refractivity contribution < 1.29 is 0 Å². The summed E-state index contributed by atoms with van der Waals surface area (Å²) in [5.74, 6) is 0. The predicted molar refractivity (Wildman–Crippen MR) is 297 cm³/mol. The minimum absolute atomic E-state index is 0.641. The third kappa shape index (κ3) is 6.32. The van der Waals surface area contributed by atoms with E-state index in [0.717, 1.165) is 16.9 Å². The number of rotatable bonds is 10. The summed E-state index contributed by atoms with van der Waals surface area (Å²) in [4.78, 5) is 0. The molecule has 2 aromatic heterocycles. The van der Waals surface area contributed by atoms with Crippen LogP contribution < -0.4 is 20.7 Å². The quantitative estimate of drug-likeness (QED) is 0.0956. The molecule has 0 unspecified atom stereocenters. The lowest BCUT2D eigenvalue weighted by Crippen LogP contribution is -2.74. The third-order valence-corrected chi connectivity index (χ3v) is 19.6. The summed E-state index contributed by atoms with van der Waals surface area (Å²) in [5, 5.41) is 10.4. The van der Waals surface area contributed by atoms with Gasteiger partial charge in [0.2, 0.25) is 0 Å².